The van der Waals surface area contributed by atoms with Crippen molar-refractivity contribution in [1.82, 2.24) is 0 Å². The van der Waals surface area contributed by atoms with Crippen molar-refractivity contribution in [2.75, 3.05) is 17.6 Å². The largest absolute Gasteiger partial charge is 0.398 e. The summed E-state index contributed by atoms with van der Waals surface area (Å²) < 4.78 is 19.6. The quantitative estimate of drug-likeness (QED) is 0.525. The van der Waals surface area contributed by atoms with Gasteiger partial charge in [-0.05, 0) is 30.0 Å². The van der Waals surface area contributed by atoms with E-state index < -0.39 is 11.1 Å². The van der Waals surface area contributed by atoms with E-state index in [1.54, 1.807) is 0 Å². The summed E-state index contributed by atoms with van der Waals surface area (Å²) in [6.45, 7) is 0.970. The van der Waals surface area contributed by atoms with Crippen LogP contribution in [0.5, 0.6) is 0 Å². The minimum absolute atomic E-state index is 0.110. The van der Waals surface area contributed by atoms with Crippen molar-refractivity contribution in [2.45, 2.75) is 18.6 Å². The molecule has 0 saturated carbocycles. The van der Waals surface area contributed by atoms with Crippen LogP contribution in [0.4, 0.5) is 11.4 Å². The number of nitrogens with two attached hydrogens (primary N) is 1. The number of benzene rings is 1. The van der Waals surface area contributed by atoms with Crippen LogP contribution in [-0.4, -0.2) is 15.3 Å². The predicted molar refractivity (Wildman–Crippen MR) is 62.1 cm³/mol. The van der Waals surface area contributed by atoms with Gasteiger partial charge in [-0.3, -0.25) is 0 Å². The fraction of sp³-hybridized carbons (Fsp3) is 0.400. The van der Waals surface area contributed by atoms with E-state index in [0.717, 1.165) is 36.2 Å². The molecule has 1 aromatic rings. The molecule has 0 aromatic heterocycles. The zero-order valence-corrected chi connectivity index (χ0v) is 9.14. The average molecular weight is 226 g/mol. The molecule has 15 heavy (non-hydrogen) atoms. The van der Waals surface area contributed by atoms with E-state index in [4.69, 9.17) is 10.3 Å². The van der Waals surface area contributed by atoms with Gasteiger partial charge in [0.1, 0.15) is 0 Å². The molecule has 0 bridgehead atoms. The van der Waals surface area contributed by atoms with Gasteiger partial charge in [-0.15, -0.1) is 0 Å². The standard InChI is InChI=1S/C10H14N2O2S/c11-10-7(6-15(13)14)3-4-9-8(10)2-1-5-12-9/h3-4,12H,1-2,5-6,11H2,(H,13,14). The normalized spacial score (nSPS) is 16.6. The van der Waals surface area contributed by atoms with Gasteiger partial charge in [0.05, 0.1) is 5.75 Å². The summed E-state index contributed by atoms with van der Waals surface area (Å²) in [5.41, 5.74) is 9.55. The SMILES string of the molecule is Nc1c(CS(=O)O)ccc2c1CCCN2. The molecular weight excluding hydrogens is 212 g/mol. The van der Waals surface area contributed by atoms with Gasteiger partial charge in [0, 0.05) is 17.9 Å². The molecular formula is C10H14N2O2S. The fourth-order valence-electron chi connectivity index (χ4n) is 1.90. The Kier molecular flexibility index (Phi) is 2.93. The third kappa shape index (κ3) is 2.13. The maximum atomic E-state index is 10.7. The number of fused-ring (bicyclic) bond motifs is 1. The zero-order chi connectivity index (χ0) is 10.8. The molecule has 0 aliphatic carbocycles. The number of nitrogen functional groups attached to an aromatic ring is 1. The van der Waals surface area contributed by atoms with Gasteiger partial charge < -0.3 is 15.6 Å². The minimum Gasteiger partial charge on any atom is -0.398 e. The van der Waals surface area contributed by atoms with Crippen molar-refractivity contribution in [1.29, 1.82) is 0 Å². The van der Waals surface area contributed by atoms with Crippen molar-refractivity contribution in [3.63, 3.8) is 0 Å². The van der Waals surface area contributed by atoms with Crippen molar-refractivity contribution in [3.8, 4) is 0 Å². The highest BCUT2D eigenvalue weighted by molar-refractivity contribution is 7.78. The first-order valence-electron chi connectivity index (χ1n) is 4.90. The molecule has 1 unspecified atom stereocenters. The van der Waals surface area contributed by atoms with Crippen LogP contribution in [-0.2, 0) is 23.3 Å². The zero-order valence-electron chi connectivity index (χ0n) is 8.32. The molecule has 4 N–H and O–H groups in total. The van der Waals surface area contributed by atoms with Gasteiger partial charge >= 0.3 is 0 Å². The van der Waals surface area contributed by atoms with Crippen LogP contribution in [0.15, 0.2) is 12.1 Å². The number of anilines is 2. The Hall–Kier alpha value is -1.07. The Morgan fingerprint density at radius 2 is 2.33 bits per heavy atom. The molecule has 0 fully saturated rings. The highest BCUT2D eigenvalue weighted by atomic mass is 32.2. The first kappa shape index (κ1) is 10.4. The molecule has 82 valence electrons. The number of nitrogens with one attached hydrogen (secondary N) is 1. The highest BCUT2D eigenvalue weighted by Gasteiger charge is 2.14. The van der Waals surface area contributed by atoms with Crippen LogP contribution in [0.2, 0.25) is 0 Å². The maximum absolute atomic E-state index is 10.7. The summed E-state index contributed by atoms with van der Waals surface area (Å²) >= 11 is -1.83. The van der Waals surface area contributed by atoms with Crippen LogP contribution < -0.4 is 11.1 Å². The van der Waals surface area contributed by atoms with Crippen molar-refractivity contribution in [3.05, 3.63) is 23.3 Å². The van der Waals surface area contributed by atoms with E-state index in [2.05, 4.69) is 5.32 Å². The second-order valence-electron chi connectivity index (χ2n) is 3.66. The highest BCUT2D eigenvalue weighted by Crippen LogP contribution is 2.30. The lowest BCUT2D eigenvalue weighted by Gasteiger charge is -2.21. The first-order valence-corrected chi connectivity index (χ1v) is 6.17. The average Bonchev–Trinajstić information content (AvgIpc) is 2.22. The molecule has 5 heteroatoms. The molecule has 2 rings (SSSR count). The number of rotatable bonds is 2. The van der Waals surface area contributed by atoms with Crippen LogP contribution in [0.25, 0.3) is 0 Å². The lowest BCUT2D eigenvalue weighted by Crippen LogP contribution is -2.14. The third-order valence-corrected chi connectivity index (χ3v) is 3.20. The molecule has 0 saturated heterocycles. The molecule has 1 aliphatic heterocycles. The van der Waals surface area contributed by atoms with Crippen LogP contribution in [0, 0.1) is 0 Å². The maximum Gasteiger partial charge on any atom is 0.157 e. The van der Waals surface area contributed by atoms with E-state index in [1.807, 2.05) is 12.1 Å². The second-order valence-corrected chi connectivity index (χ2v) is 4.59. The lowest BCUT2D eigenvalue weighted by atomic mass is 9.99. The monoisotopic (exact) mass is 226 g/mol. The Labute approximate surface area is 91.2 Å². The fourth-order valence-corrected chi connectivity index (χ4v) is 2.41. The molecule has 1 atom stereocenters. The lowest BCUT2D eigenvalue weighted by molar-refractivity contribution is 0.563. The van der Waals surface area contributed by atoms with Gasteiger partial charge in [0.15, 0.2) is 11.1 Å². The third-order valence-electron chi connectivity index (χ3n) is 2.65. The van der Waals surface area contributed by atoms with E-state index in [-0.39, 0.29) is 5.75 Å². The smallest absolute Gasteiger partial charge is 0.157 e. The molecule has 1 aromatic carbocycles. The molecule has 1 heterocycles. The Balaban J connectivity index is 2.38. The summed E-state index contributed by atoms with van der Waals surface area (Å²) in [6.07, 6.45) is 2.00. The summed E-state index contributed by atoms with van der Waals surface area (Å²) in [4.78, 5) is 0. The minimum atomic E-state index is -1.83. The first-order chi connectivity index (χ1) is 7.18. The van der Waals surface area contributed by atoms with Gasteiger partial charge in [0.2, 0.25) is 0 Å². The summed E-state index contributed by atoms with van der Waals surface area (Å²) in [5.74, 6) is 0.110. The van der Waals surface area contributed by atoms with E-state index >= 15 is 0 Å². The van der Waals surface area contributed by atoms with E-state index in [1.165, 1.54) is 0 Å². The van der Waals surface area contributed by atoms with Crippen molar-refractivity contribution in [2.24, 2.45) is 0 Å². The predicted octanol–water partition coefficient (Wildman–Crippen LogP) is 1.35. The number of hydrogen-bond donors (Lipinski definition) is 3. The van der Waals surface area contributed by atoms with Crippen LogP contribution in [0.1, 0.15) is 17.5 Å². The van der Waals surface area contributed by atoms with Crippen LogP contribution in [0.3, 0.4) is 0 Å². The van der Waals surface area contributed by atoms with Crippen molar-refractivity contribution >= 4 is 22.5 Å². The molecule has 0 spiro atoms. The van der Waals surface area contributed by atoms with E-state index in [9.17, 15) is 4.21 Å². The van der Waals surface area contributed by atoms with Crippen LogP contribution >= 0.6 is 0 Å². The van der Waals surface area contributed by atoms with Gasteiger partial charge in [-0.1, -0.05) is 6.07 Å². The summed E-state index contributed by atoms with van der Waals surface area (Å²) in [7, 11) is 0. The Morgan fingerprint density at radius 1 is 1.53 bits per heavy atom. The molecule has 1 aliphatic rings. The summed E-state index contributed by atoms with van der Waals surface area (Å²) in [6, 6.07) is 3.76. The van der Waals surface area contributed by atoms with Gasteiger partial charge in [-0.2, -0.15) is 0 Å². The van der Waals surface area contributed by atoms with E-state index in [0.29, 0.717) is 5.69 Å². The van der Waals surface area contributed by atoms with Gasteiger partial charge in [0.25, 0.3) is 0 Å². The molecule has 0 amide bonds. The number of hydrogen-bond acceptors (Lipinski definition) is 3. The van der Waals surface area contributed by atoms with Crippen molar-refractivity contribution < 1.29 is 8.76 Å². The summed E-state index contributed by atoms with van der Waals surface area (Å²) in [5, 5.41) is 3.27. The Bertz CT molecular complexity index is 407. The topological polar surface area (TPSA) is 75.4 Å². The molecule has 4 nitrogen and oxygen atoms in total. The Morgan fingerprint density at radius 3 is 3.07 bits per heavy atom. The molecule has 0 radical (unpaired) electrons. The van der Waals surface area contributed by atoms with Gasteiger partial charge in [-0.25, -0.2) is 4.21 Å². The second kappa shape index (κ2) is 4.20.